The monoisotopic (exact) mass is 439 g/mol. The molecule has 3 nitrogen and oxygen atoms in total. The minimum absolute atomic E-state index is 0.512. The number of ether oxygens (including phenoxy) is 2. The van der Waals surface area contributed by atoms with Crippen molar-refractivity contribution in [2.45, 2.75) is 33.5 Å². The highest BCUT2D eigenvalue weighted by Crippen LogP contribution is 2.34. The van der Waals surface area contributed by atoms with Gasteiger partial charge in [-0.15, -0.1) is 0 Å². The van der Waals surface area contributed by atoms with Gasteiger partial charge in [0.05, 0.1) is 6.61 Å². The van der Waals surface area contributed by atoms with Crippen LogP contribution in [0, 0.1) is 6.92 Å². The van der Waals surface area contributed by atoms with Gasteiger partial charge in [-0.3, -0.25) is 0 Å². The first-order valence-corrected chi connectivity index (χ1v) is 10.3. The number of rotatable bonds is 9. The first-order valence-electron chi connectivity index (χ1n) is 9.54. The lowest BCUT2D eigenvalue weighted by Crippen LogP contribution is -2.13. The van der Waals surface area contributed by atoms with Crippen LogP contribution in [0.15, 0.2) is 71.2 Å². The van der Waals surface area contributed by atoms with E-state index in [1.54, 1.807) is 0 Å². The molecule has 0 heterocycles. The molecule has 146 valence electrons. The molecule has 0 amide bonds. The van der Waals surface area contributed by atoms with Gasteiger partial charge in [0.2, 0.25) is 0 Å². The summed E-state index contributed by atoms with van der Waals surface area (Å²) in [5.74, 6) is 1.52. The van der Waals surface area contributed by atoms with E-state index in [1.165, 1.54) is 11.1 Å². The molecular formula is C24H26BrNO2. The van der Waals surface area contributed by atoms with Crippen molar-refractivity contribution in [3.63, 3.8) is 0 Å². The molecular weight excluding hydrogens is 414 g/mol. The summed E-state index contributed by atoms with van der Waals surface area (Å²) in [5, 5.41) is 3.50. The van der Waals surface area contributed by atoms with Crippen LogP contribution < -0.4 is 14.8 Å². The standard InChI is InChI=1S/C24H26BrNO2/c1-3-27-23-13-21(16-26-15-19-11-9-18(2)10-12-19)22(25)14-24(23)28-17-20-7-5-4-6-8-20/h4-14,26H,3,15-17H2,1-2H3. The number of hydrogen-bond donors (Lipinski definition) is 1. The molecule has 0 unspecified atom stereocenters. The van der Waals surface area contributed by atoms with Crippen molar-refractivity contribution in [2.75, 3.05) is 6.61 Å². The maximum absolute atomic E-state index is 6.02. The van der Waals surface area contributed by atoms with Crippen molar-refractivity contribution in [3.8, 4) is 11.5 Å². The molecule has 0 aliphatic rings. The smallest absolute Gasteiger partial charge is 0.162 e. The second-order valence-corrected chi connectivity index (χ2v) is 7.54. The average Bonchev–Trinajstić information content (AvgIpc) is 2.71. The van der Waals surface area contributed by atoms with E-state index in [2.05, 4.69) is 70.6 Å². The van der Waals surface area contributed by atoms with E-state index in [-0.39, 0.29) is 0 Å². The summed E-state index contributed by atoms with van der Waals surface area (Å²) in [6, 6.07) is 22.8. The van der Waals surface area contributed by atoms with Crippen LogP contribution in [0.1, 0.15) is 29.2 Å². The topological polar surface area (TPSA) is 30.5 Å². The zero-order chi connectivity index (χ0) is 19.8. The van der Waals surface area contributed by atoms with E-state index in [9.17, 15) is 0 Å². The molecule has 0 saturated carbocycles. The van der Waals surface area contributed by atoms with Crippen LogP contribution in [0.3, 0.4) is 0 Å². The molecule has 0 fully saturated rings. The molecule has 1 N–H and O–H groups in total. The third kappa shape index (κ3) is 5.85. The summed E-state index contributed by atoms with van der Waals surface area (Å²) in [6.45, 7) is 6.76. The zero-order valence-electron chi connectivity index (χ0n) is 16.4. The van der Waals surface area contributed by atoms with E-state index in [0.717, 1.165) is 40.2 Å². The highest BCUT2D eigenvalue weighted by Gasteiger charge is 2.11. The number of halogens is 1. The molecule has 3 rings (SSSR count). The van der Waals surface area contributed by atoms with E-state index in [0.29, 0.717) is 13.2 Å². The van der Waals surface area contributed by atoms with Crippen molar-refractivity contribution in [1.29, 1.82) is 0 Å². The lowest BCUT2D eigenvalue weighted by Gasteiger charge is -2.15. The first-order chi connectivity index (χ1) is 13.7. The molecule has 0 aliphatic heterocycles. The molecule has 0 radical (unpaired) electrons. The number of benzene rings is 3. The van der Waals surface area contributed by atoms with Crippen molar-refractivity contribution < 1.29 is 9.47 Å². The number of hydrogen-bond acceptors (Lipinski definition) is 3. The van der Waals surface area contributed by atoms with Gasteiger partial charge in [-0.2, -0.15) is 0 Å². The van der Waals surface area contributed by atoms with Gasteiger partial charge in [0.15, 0.2) is 11.5 Å². The molecule has 0 aromatic heterocycles. The summed E-state index contributed by atoms with van der Waals surface area (Å²) in [6.07, 6.45) is 0. The quantitative estimate of drug-likeness (QED) is 0.441. The Morgan fingerprint density at radius 2 is 1.54 bits per heavy atom. The molecule has 0 atom stereocenters. The van der Waals surface area contributed by atoms with Gasteiger partial charge in [0.25, 0.3) is 0 Å². The summed E-state index contributed by atoms with van der Waals surface area (Å²) in [5.41, 5.74) is 4.82. The van der Waals surface area contributed by atoms with Gasteiger partial charge in [-0.05, 0) is 42.7 Å². The van der Waals surface area contributed by atoms with Crippen molar-refractivity contribution in [2.24, 2.45) is 0 Å². The largest absolute Gasteiger partial charge is 0.490 e. The fraction of sp³-hybridized carbons (Fsp3) is 0.250. The van der Waals surface area contributed by atoms with Crippen LogP contribution in [0.4, 0.5) is 0 Å². The fourth-order valence-electron chi connectivity index (χ4n) is 2.88. The molecule has 3 aromatic carbocycles. The zero-order valence-corrected chi connectivity index (χ0v) is 18.0. The molecule has 0 bridgehead atoms. The van der Waals surface area contributed by atoms with Crippen molar-refractivity contribution in [1.82, 2.24) is 5.32 Å². The lowest BCUT2D eigenvalue weighted by atomic mass is 10.1. The molecule has 0 saturated heterocycles. The van der Waals surface area contributed by atoms with Crippen LogP contribution in [-0.2, 0) is 19.7 Å². The number of nitrogens with one attached hydrogen (secondary N) is 1. The Hall–Kier alpha value is -2.30. The Morgan fingerprint density at radius 1 is 0.821 bits per heavy atom. The lowest BCUT2D eigenvalue weighted by molar-refractivity contribution is 0.269. The van der Waals surface area contributed by atoms with Gasteiger partial charge in [-0.25, -0.2) is 0 Å². The predicted octanol–water partition coefficient (Wildman–Crippen LogP) is 6.03. The summed E-state index contributed by atoms with van der Waals surface area (Å²) >= 11 is 3.68. The Balaban J connectivity index is 1.66. The summed E-state index contributed by atoms with van der Waals surface area (Å²) in [7, 11) is 0. The summed E-state index contributed by atoms with van der Waals surface area (Å²) in [4.78, 5) is 0. The fourth-order valence-corrected chi connectivity index (χ4v) is 3.34. The van der Waals surface area contributed by atoms with Gasteiger partial charge in [0, 0.05) is 17.6 Å². The van der Waals surface area contributed by atoms with Crippen LogP contribution >= 0.6 is 15.9 Å². The second kappa shape index (κ2) is 10.3. The maximum Gasteiger partial charge on any atom is 0.162 e. The molecule has 0 spiro atoms. The molecule has 28 heavy (non-hydrogen) atoms. The van der Waals surface area contributed by atoms with Crippen molar-refractivity contribution >= 4 is 15.9 Å². The molecule has 4 heteroatoms. The SMILES string of the molecule is CCOc1cc(CNCc2ccc(C)cc2)c(Br)cc1OCc1ccccc1. The van der Waals surface area contributed by atoms with Crippen LogP contribution in [0.2, 0.25) is 0 Å². The average molecular weight is 440 g/mol. The third-order valence-electron chi connectivity index (χ3n) is 4.41. The highest BCUT2D eigenvalue weighted by atomic mass is 79.9. The van der Waals surface area contributed by atoms with E-state index in [1.807, 2.05) is 31.2 Å². The predicted molar refractivity (Wildman–Crippen MR) is 118 cm³/mol. The molecule has 0 aliphatic carbocycles. The Kier molecular flexibility index (Phi) is 7.52. The number of aryl methyl sites for hydroxylation is 1. The van der Waals surface area contributed by atoms with E-state index >= 15 is 0 Å². The van der Waals surface area contributed by atoms with Crippen LogP contribution in [-0.4, -0.2) is 6.61 Å². The minimum atomic E-state index is 0.512. The van der Waals surface area contributed by atoms with Crippen LogP contribution in [0.25, 0.3) is 0 Å². The third-order valence-corrected chi connectivity index (χ3v) is 5.15. The van der Waals surface area contributed by atoms with Gasteiger partial charge < -0.3 is 14.8 Å². The Labute approximate surface area is 175 Å². The Bertz CT molecular complexity index is 879. The summed E-state index contributed by atoms with van der Waals surface area (Å²) < 4.78 is 12.9. The maximum atomic E-state index is 6.02. The van der Waals surface area contributed by atoms with Crippen molar-refractivity contribution in [3.05, 3.63) is 93.5 Å². The second-order valence-electron chi connectivity index (χ2n) is 6.69. The van der Waals surface area contributed by atoms with Gasteiger partial charge in [-0.1, -0.05) is 76.1 Å². The van der Waals surface area contributed by atoms with Crippen LogP contribution in [0.5, 0.6) is 11.5 Å². The van der Waals surface area contributed by atoms with E-state index < -0.39 is 0 Å². The minimum Gasteiger partial charge on any atom is -0.490 e. The van der Waals surface area contributed by atoms with Gasteiger partial charge in [0.1, 0.15) is 6.61 Å². The normalized spacial score (nSPS) is 10.7. The highest BCUT2D eigenvalue weighted by molar-refractivity contribution is 9.10. The molecule has 3 aromatic rings. The Morgan fingerprint density at radius 3 is 2.25 bits per heavy atom. The first kappa shape index (κ1) is 20.4. The van der Waals surface area contributed by atoms with Gasteiger partial charge >= 0.3 is 0 Å². The van der Waals surface area contributed by atoms with E-state index in [4.69, 9.17) is 9.47 Å².